The van der Waals surface area contributed by atoms with Crippen LogP contribution in [0.4, 0.5) is 11.5 Å². The SMILES string of the molecule is CCCCC(=O)Nc1cn(CCN(CC)c2ccncc2)cn1. The number of likely N-dealkylation sites (N-methyl/N-ethyl adjacent to an activating group) is 1. The molecule has 0 aliphatic rings. The zero-order valence-electron chi connectivity index (χ0n) is 13.9. The molecule has 0 aliphatic heterocycles. The van der Waals surface area contributed by atoms with Crippen molar-refractivity contribution in [2.75, 3.05) is 23.3 Å². The highest BCUT2D eigenvalue weighted by Gasteiger charge is 2.06. The van der Waals surface area contributed by atoms with Crippen LogP contribution in [0.15, 0.2) is 37.1 Å². The lowest BCUT2D eigenvalue weighted by molar-refractivity contribution is -0.116. The molecule has 0 spiro atoms. The molecule has 0 radical (unpaired) electrons. The van der Waals surface area contributed by atoms with Gasteiger partial charge in [-0.25, -0.2) is 4.98 Å². The molecule has 1 N–H and O–H groups in total. The summed E-state index contributed by atoms with van der Waals surface area (Å²) in [4.78, 5) is 22.3. The Kier molecular flexibility index (Phi) is 6.59. The average Bonchev–Trinajstić information content (AvgIpc) is 3.02. The van der Waals surface area contributed by atoms with Crippen LogP contribution in [0.1, 0.15) is 33.1 Å². The number of imidazole rings is 1. The van der Waals surface area contributed by atoms with Crippen molar-refractivity contribution in [2.24, 2.45) is 0 Å². The molecular formula is C17H25N5O. The van der Waals surface area contributed by atoms with Gasteiger partial charge >= 0.3 is 0 Å². The van der Waals surface area contributed by atoms with E-state index in [4.69, 9.17) is 0 Å². The third-order valence-electron chi connectivity index (χ3n) is 3.70. The van der Waals surface area contributed by atoms with Gasteiger partial charge in [0.05, 0.1) is 6.33 Å². The van der Waals surface area contributed by atoms with Gasteiger partial charge in [0.1, 0.15) is 0 Å². The Balaban J connectivity index is 1.85. The van der Waals surface area contributed by atoms with Crippen molar-refractivity contribution in [2.45, 2.75) is 39.7 Å². The molecule has 2 rings (SSSR count). The van der Waals surface area contributed by atoms with Gasteiger partial charge in [0.25, 0.3) is 0 Å². The molecule has 0 saturated heterocycles. The van der Waals surface area contributed by atoms with Gasteiger partial charge in [-0.05, 0) is 25.5 Å². The van der Waals surface area contributed by atoms with Crippen molar-refractivity contribution in [3.63, 3.8) is 0 Å². The molecule has 0 bridgehead atoms. The molecule has 0 aromatic carbocycles. The molecule has 2 aromatic heterocycles. The zero-order chi connectivity index (χ0) is 16.5. The van der Waals surface area contributed by atoms with Crippen LogP contribution in [0.2, 0.25) is 0 Å². The quantitative estimate of drug-likeness (QED) is 0.773. The summed E-state index contributed by atoms with van der Waals surface area (Å²) in [6.45, 7) is 6.82. The third-order valence-corrected chi connectivity index (χ3v) is 3.70. The first-order valence-electron chi connectivity index (χ1n) is 8.19. The van der Waals surface area contributed by atoms with E-state index in [2.05, 4.69) is 34.0 Å². The smallest absolute Gasteiger partial charge is 0.225 e. The summed E-state index contributed by atoms with van der Waals surface area (Å²) in [6, 6.07) is 4.02. The fourth-order valence-corrected chi connectivity index (χ4v) is 2.35. The number of nitrogens with one attached hydrogen (secondary N) is 1. The van der Waals surface area contributed by atoms with E-state index in [1.165, 1.54) is 0 Å². The number of hydrogen-bond acceptors (Lipinski definition) is 4. The van der Waals surface area contributed by atoms with Gasteiger partial charge in [-0.3, -0.25) is 9.78 Å². The summed E-state index contributed by atoms with van der Waals surface area (Å²) >= 11 is 0. The predicted molar refractivity (Wildman–Crippen MR) is 92.5 cm³/mol. The topological polar surface area (TPSA) is 63.1 Å². The van der Waals surface area contributed by atoms with Crippen LogP contribution >= 0.6 is 0 Å². The van der Waals surface area contributed by atoms with E-state index in [9.17, 15) is 4.79 Å². The minimum Gasteiger partial charge on any atom is -0.370 e. The van der Waals surface area contributed by atoms with Crippen molar-refractivity contribution in [1.82, 2.24) is 14.5 Å². The maximum Gasteiger partial charge on any atom is 0.225 e. The monoisotopic (exact) mass is 315 g/mol. The number of unbranched alkanes of at least 4 members (excludes halogenated alkanes) is 1. The number of carbonyl (C=O) groups excluding carboxylic acids is 1. The highest BCUT2D eigenvalue weighted by molar-refractivity contribution is 5.89. The molecule has 124 valence electrons. The molecule has 0 fully saturated rings. The van der Waals surface area contributed by atoms with Crippen LogP contribution in [-0.4, -0.2) is 33.5 Å². The first-order chi connectivity index (χ1) is 11.2. The van der Waals surface area contributed by atoms with Crippen molar-refractivity contribution in [3.05, 3.63) is 37.1 Å². The maximum atomic E-state index is 11.7. The van der Waals surface area contributed by atoms with Gasteiger partial charge in [-0.2, -0.15) is 0 Å². The minimum absolute atomic E-state index is 0.0315. The van der Waals surface area contributed by atoms with Crippen molar-refractivity contribution < 1.29 is 4.79 Å². The number of pyridine rings is 1. The van der Waals surface area contributed by atoms with Crippen LogP contribution in [0.5, 0.6) is 0 Å². The molecule has 0 atom stereocenters. The molecule has 0 saturated carbocycles. The standard InChI is InChI=1S/C17H25N5O/c1-3-5-6-17(23)20-16-13-21(14-19-16)11-12-22(4-2)15-7-9-18-10-8-15/h7-10,13-14H,3-6,11-12H2,1-2H3,(H,20,23). The minimum atomic E-state index is 0.0315. The van der Waals surface area contributed by atoms with E-state index >= 15 is 0 Å². The fourth-order valence-electron chi connectivity index (χ4n) is 2.35. The van der Waals surface area contributed by atoms with Crippen LogP contribution < -0.4 is 10.2 Å². The van der Waals surface area contributed by atoms with E-state index in [0.717, 1.165) is 38.2 Å². The van der Waals surface area contributed by atoms with Crippen molar-refractivity contribution in [3.8, 4) is 0 Å². The maximum absolute atomic E-state index is 11.7. The summed E-state index contributed by atoms with van der Waals surface area (Å²) in [6.07, 6.45) is 9.72. The fraction of sp³-hybridized carbons (Fsp3) is 0.471. The second-order valence-corrected chi connectivity index (χ2v) is 5.43. The largest absolute Gasteiger partial charge is 0.370 e. The predicted octanol–water partition coefficient (Wildman–Crippen LogP) is 2.93. The van der Waals surface area contributed by atoms with Crippen LogP contribution in [0, 0.1) is 0 Å². The summed E-state index contributed by atoms with van der Waals surface area (Å²) < 4.78 is 2.00. The first-order valence-corrected chi connectivity index (χ1v) is 8.19. The highest BCUT2D eigenvalue weighted by atomic mass is 16.1. The average molecular weight is 315 g/mol. The van der Waals surface area contributed by atoms with Gasteiger partial charge in [-0.1, -0.05) is 13.3 Å². The highest BCUT2D eigenvalue weighted by Crippen LogP contribution is 2.12. The van der Waals surface area contributed by atoms with Crippen LogP contribution in [0.3, 0.4) is 0 Å². The van der Waals surface area contributed by atoms with E-state index in [-0.39, 0.29) is 5.91 Å². The van der Waals surface area contributed by atoms with Gasteiger partial charge in [-0.15, -0.1) is 0 Å². The van der Waals surface area contributed by atoms with Crippen LogP contribution in [-0.2, 0) is 11.3 Å². The summed E-state index contributed by atoms with van der Waals surface area (Å²) in [5, 5.41) is 2.84. The lowest BCUT2D eigenvalue weighted by Gasteiger charge is -2.22. The van der Waals surface area contributed by atoms with Gasteiger partial charge in [0, 0.05) is 50.3 Å². The van der Waals surface area contributed by atoms with E-state index < -0.39 is 0 Å². The van der Waals surface area contributed by atoms with Gasteiger partial charge in [0.15, 0.2) is 5.82 Å². The second kappa shape index (κ2) is 8.92. The Morgan fingerprint density at radius 1 is 1.30 bits per heavy atom. The molecule has 0 unspecified atom stereocenters. The summed E-state index contributed by atoms with van der Waals surface area (Å²) in [5.74, 6) is 0.655. The number of anilines is 2. The van der Waals surface area contributed by atoms with Gasteiger partial charge < -0.3 is 14.8 Å². The van der Waals surface area contributed by atoms with Gasteiger partial charge in [0.2, 0.25) is 5.91 Å². The Morgan fingerprint density at radius 2 is 2.09 bits per heavy atom. The molecular weight excluding hydrogens is 290 g/mol. The molecule has 0 aliphatic carbocycles. The Bertz CT molecular complexity index is 596. The number of nitrogens with zero attached hydrogens (tertiary/aromatic N) is 4. The number of carbonyl (C=O) groups is 1. The number of aromatic nitrogens is 3. The van der Waals surface area contributed by atoms with Crippen molar-refractivity contribution in [1.29, 1.82) is 0 Å². The van der Waals surface area contributed by atoms with E-state index in [0.29, 0.717) is 12.2 Å². The molecule has 1 amide bonds. The summed E-state index contributed by atoms with van der Waals surface area (Å²) in [5.41, 5.74) is 1.16. The lowest BCUT2D eigenvalue weighted by Crippen LogP contribution is -2.26. The van der Waals surface area contributed by atoms with Crippen molar-refractivity contribution >= 4 is 17.4 Å². The molecule has 2 aromatic rings. The third kappa shape index (κ3) is 5.39. The van der Waals surface area contributed by atoms with Crippen LogP contribution in [0.25, 0.3) is 0 Å². The molecule has 6 nitrogen and oxygen atoms in total. The Labute approximate surface area is 137 Å². The van der Waals surface area contributed by atoms with E-state index in [1.807, 2.05) is 22.9 Å². The number of rotatable bonds is 9. The normalized spacial score (nSPS) is 10.5. The number of amides is 1. The number of hydrogen-bond donors (Lipinski definition) is 1. The Morgan fingerprint density at radius 3 is 2.78 bits per heavy atom. The van der Waals surface area contributed by atoms with E-state index in [1.54, 1.807) is 18.7 Å². The molecule has 23 heavy (non-hydrogen) atoms. The molecule has 2 heterocycles. The summed E-state index contributed by atoms with van der Waals surface area (Å²) in [7, 11) is 0. The Hall–Kier alpha value is -2.37. The zero-order valence-corrected chi connectivity index (χ0v) is 13.9. The first kappa shape index (κ1) is 17.0. The lowest BCUT2D eigenvalue weighted by atomic mass is 10.2. The second-order valence-electron chi connectivity index (χ2n) is 5.43. The molecule has 6 heteroatoms.